The van der Waals surface area contributed by atoms with Crippen LogP contribution in [0.5, 0.6) is 0 Å². The van der Waals surface area contributed by atoms with Gasteiger partial charge in [0.05, 0.1) is 25.9 Å². The predicted octanol–water partition coefficient (Wildman–Crippen LogP) is -3.74. The minimum Gasteiger partial charge on any atom is -0.387 e. The quantitative estimate of drug-likeness (QED) is 0.0480. The van der Waals surface area contributed by atoms with Crippen LogP contribution in [0.1, 0.15) is 12.5 Å². The number of nitrogens with zero attached hydrogens (tertiary/aromatic N) is 6. The number of fused-ring (bicyclic) bond motifs is 2. The number of hydrogen-bond donors (Lipinski definition) is 13. The van der Waals surface area contributed by atoms with Gasteiger partial charge in [-0.1, -0.05) is 0 Å². The molecule has 59 heavy (non-hydrogen) atoms. The largest absolute Gasteiger partial charge is 0.490 e. The van der Waals surface area contributed by atoms with E-state index in [1.165, 1.54) is 0 Å². The lowest BCUT2D eigenvalue weighted by atomic mass is 10.1. The average molecular weight is 948 g/mol. The molecule has 34 nitrogen and oxygen atoms in total. The lowest BCUT2D eigenvalue weighted by Gasteiger charge is -2.21. The summed E-state index contributed by atoms with van der Waals surface area (Å²) in [5.74, 6) is -0.726. The Morgan fingerprint density at radius 3 is 1.25 bits per heavy atom. The molecule has 6 rings (SSSR count). The zero-order valence-corrected chi connectivity index (χ0v) is 32.9. The van der Waals surface area contributed by atoms with E-state index in [0.717, 1.165) is 21.8 Å². The van der Waals surface area contributed by atoms with Crippen molar-refractivity contribution in [2.24, 2.45) is 0 Å². The van der Waals surface area contributed by atoms with Crippen LogP contribution < -0.4 is 22.6 Å². The van der Waals surface area contributed by atoms with Crippen molar-refractivity contribution in [3.8, 4) is 0 Å². The maximum absolute atomic E-state index is 12.4. The average Bonchev–Trinajstić information content (AvgIpc) is 3.82. The van der Waals surface area contributed by atoms with Crippen LogP contribution in [0.4, 0.5) is 11.9 Å². The van der Waals surface area contributed by atoms with Gasteiger partial charge in [-0.3, -0.25) is 37.7 Å². The van der Waals surface area contributed by atoms with Crippen molar-refractivity contribution in [1.29, 1.82) is 0 Å². The van der Waals surface area contributed by atoms with Gasteiger partial charge in [-0.25, -0.2) is 32.8 Å². The maximum Gasteiger partial charge on any atom is 0.490 e. The molecule has 2 aliphatic rings. The number of aromatic nitrogens is 8. The molecule has 2 saturated heterocycles. The van der Waals surface area contributed by atoms with Crippen molar-refractivity contribution in [2.75, 3.05) is 24.7 Å². The van der Waals surface area contributed by atoms with Crippen LogP contribution >= 0.6 is 39.1 Å². The zero-order valence-electron chi connectivity index (χ0n) is 28.4. The minimum atomic E-state index is -6.49. The van der Waals surface area contributed by atoms with E-state index in [4.69, 9.17) is 20.9 Å². The number of nitrogens with one attached hydrogen (secondary N) is 2. The Hall–Kier alpha value is -3.23. The van der Waals surface area contributed by atoms with Crippen LogP contribution in [0.3, 0.4) is 0 Å². The molecule has 39 heteroatoms. The van der Waals surface area contributed by atoms with E-state index in [2.05, 4.69) is 56.2 Å². The summed E-state index contributed by atoms with van der Waals surface area (Å²) < 4.78 is 98.3. The van der Waals surface area contributed by atoms with Gasteiger partial charge < -0.3 is 65.8 Å². The zero-order chi connectivity index (χ0) is 43.6. The second-order valence-corrected chi connectivity index (χ2v) is 19.7. The number of rotatable bonds is 16. The first-order valence-corrected chi connectivity index (χ1v) is 22.9. The molecule has 6 heterocycles. The minimum absolute atomic E-state index is 0.221. The molecule has 0 bridgehead atoms. The van der Waals surface area contributed by atoms with Gasteiger partial charge in [0, 0.05) is 0 Å². The molecular weight excluding hydrogens is 919 g/mol. The Kier molecular flexibility index (Phi) is 12.5. The van der Waals surface area contributed by atoms with Crippen LogP contribution in [0.2, 0.25) is 0 Å². The summed E-state index contributed by atoms with van der Waals surface area (Å²) in [5, 5.41) is 41.8. The molecule has 328 valence electrons. The summed E-state index contributed by atoms with van der Waals surface area (Å²) in [6.07, 6.45) is -12.3. The lowest BCUT2D eigenvalue weighted by molar-refractivity contribution is -0.0503. The van der Waals surface area contributed by atoms with E-state index in [1.807, 2.05) is 0 Å². The number of aliphatic hydroxyl groups excluding tert-OH is 4. The number of aromatic amines is 2. The molecule has 12 atom stereocenters. The van der Waals surface area contributed by atoms with Crippen molar-refractivity contribution >= 4 is 73.3 Å². The standard InChI is InChI=1S/C20H29N10O24P5/c21-19-25-13-7(15(35)27-19)23-3-29(13)17-11(33)9(31)5(49-17)1-47-55(37,38)51-57(41,42)53-59(45,46)54-58(43,44)52-56(39,40)48-2-6-10(32)12(34)18(50-6)30-4-24-8-14(30)26-20(22)28-16(8)36/h3-6,9-12,17-18,31-34H,1-2H2,(H,37,38)(H,39,40)(H,41,42)(H,43,44)(H,45,46)(H3,21,25,27,35)(H3,22,26,28,36). The molecule has 0 aromatic carbocycles. The fourth-order valence-corrected chi connectivity index (χ4v) is 11.8. The predicted molar refractivity (Wildman–Crippen MR) is 182 cm³/mol. The maximum atomic E-state index is 12.4. The van der Waals surface area contributed by atoms with E-state index in [-0.39, 0.29) is 34.2 Å². The summed E-state index contributed by atoms with van der Waals surface area (Å²) >= 11 is 0. The number of phosphoric ester groups is 2. The molecule has 2 fully saturated rings. The fraction of sp³-hybridized carbons (Fsp3) is 0.500. The highest BCUT2D eigenvalue weighted by atomic mass is 31.3. The molecule has 12 unspecified atom stereocenters. The van der Waals surface area contributed by atoms with E-state index in [9.17, 15) is 77.3 Å². The van der Waals surface area contributed by atoms with Gasteiger partial charge in [0.2, 0.25) is 11.9 Å². The number of nitrogens with two attached hydrogens (primary N) is 2. The van der Waals surface area contributed by atoms with Gasteiger partial charge in [-0.05, 0) is 0 Å². The number of ether oxygens (including phenoxy) is 2. The summed E-state index contributed by atoms with van der Waals surface area (Å²) in [5.41, 5.74) is 8.51. The van der Waals surface area contributed by atoms with E-state index in [0.29, 0.717) is 0 Å². The van der Waals surface area contributed by atoms with Crippen LogP contribution in [0, 0.1) is 0 Å². The molecule has 0 saturated carbocycles. The fourth-order valence-electron chi connectivity index (χ4n) is 5.40. The molecule has 0 amide bonds. The van der Waals surface area contributed by atoms with Crippen molar-refractivity contribution in [3.63, 3.8) is 0 Å². The number of hydrogen-bond acceptors (Lipinski definition) is 25. The van der Waals surface area contributed by atoms with Crippen molar-refractivity contribution in [3.05, 3.63) is 33.4 Å². The Bertz CT molecular complexity index is 2450. The second-order valence-electron chi connectivity index (χ2n) is 11.9. The van der Waals surface area contributed by atoms with Crippen molar-refractivity contribution < 1.29 is 103 Å². The van der Waals surface area contributed by atoms with Crippen LogP contribution in [-0.4, -0.2) is 134 Å². The van der Waals surface area contributed by atoms with Gasteiger partial charge in [0.15, 0.2) is 34.8 Å². The Balaban J connectivity index is 1.01. The van der Waals surface area contributed by atoms with Crippen LogP contribution in [-0.2, 0) is 58.6 Å². The summed E-state index contributed by atoms with van der Waals surface area (Å²) in [7, 11) is -31.1. The number of aliphatic hydroxyl groups is 4. The smallest absolute Gasteiger partial charge is 0.387 e. The van der Waals surface area contributed by atoms with Gasteiger partial charge in [0.1, 0.15) is 36.6 Å². The SMILES string of the molecule is Nc1nc2c(ncn2C2OC(COP(=O)(O)OP(=O)(O)OP(=O)(O)OP(=O)(O)OP(=O)(O)OCC3OC(n4cnc5c(=O)[nH]c(N)nc54)C(O)C3O)C(O)C2O)c(=O)[nH]1. The third-order valence-corrected chi connectivity index (χ3v) is 15.3. The molecular formula is C20H29N10O24P5. The van der Waals surface area contributed by atoms with Crippen LogP contribution in [0.15, 0.2) is 22.2 Å². The second kappa shape index (κ2) is 16.2. The highest BCUT2D eigenvalue weighted by Gasteiger charge is 2.51. The third-order valence-electron chi connectivity index (χ3n) is 7.75. The highest BCUT2D eigenvalue weighted by Crippen LogP contribution is 2.73. The first kappa shape index (κ1) is 45.3. The topological polar surface area (TPSA) is 520 Å². The Morgan fingerprint density at radius 2 is 0.915 bits per heavy atom. The summed E-state index contributed by atoms with van der Waals surface area (Å²) in [6, 6.07) is 0. The number of phosphoric acid groups is 5. The summed E-state index contributed by atoms with van der Waals surface area (Å²) in [6.45, 7) is -2.47. The first-order chi connectivity index (χ1) is 27.2. The number of nitrogen functional groups attached to an aromatic ring is 2. The third kappa shape index (κ3) is 10.1. The normalized spacial score (nSPS) is 30.1. The van der Waals surface area contributed by atoms with E-state index in [1.54, 1.807) is 0 Å². The van der Waals surface area contributed by atoms with Crippen molar-refractivity contribution in [1.82, 2.24) is 39.0 Å². The Labute approximate surface area is 322 Å². The molecule has 4 aromatic heterocycles. The molecule has 15 N–H and O–H groups in total. The van der Waals surface area contributed by atoms with Gasteiger partial charge in [0.25, 0.3) is 11.1 Å². The van der Waals surface area contributed by atoms with Gasteiger partial charge in [-0.15, -0.1) is 0 Å². The highest BCUT2D eigenvalue weighted by molar-refractivity contribution is 7.71. The number of anilines is 2. The number of H-pyrrole nitrogens is 2. The molecule has 0 radical (unpaired) electrons. The molecule has 0 spiro atoms. The Morgan fingerprint density at radius 1 is 0.593 bits per heavy atom. The van der Waals surface area contributed by atoms with E-state index >= 15 is 0 Å². The molecule has 2 aliphatic heterocycles. The van der Waals surface area contributed by atoms with Crippen molar-refractivity contribution in [2.45, 2.75) is 49.1 Å². The summed E-state index contributed by atoms with van der Waals surface area (Å²) in [4.78, 5) is 93.0. The first-order valence-electron chi connectivity index (χ1n) is 15.4. The van der Waals surface area contributed by atoms with E-state index < -0.39 is 113 Å². The van der Waals surface area contributed by atoms with Gasteiger partial charge >= 0.3 is 39.1 Å². The molecule has 4 aromatic rings. The monoisotopic (exact) mass is 948 g/mol. The number of imidazole rings is 2. The lowest BCUT2D eigenvalue weighted by Crippen LogP contribution is -2.33. The van der Waals surface area contributed by atoms with Crippen LogP contribution in [0.25, 0.3) is 22.3 Å². The molecule has 0 aliphatic carbocycles. The van der Waals surface area contributed by atoms with Gasteiger partial charge in [-0.2, -0.15) is 27.2 Å².